The molecule has 0 saturated carbocycles. The largest absolute Gasteiger partial charge is 0.208 e. The predicted octanol–water partition coefficient (Wildman–Crippen LogP) is 10.1. The van der Waals surface area contributed by atoms with Crippen LogP contribution in [0.1, 0.15) is 30.8 Å². The van der Waals surface area contributed by atoms with Gasteiger partial charge in [0.2, 0.25) is 0 Å². The summed E-state index contributed by atoms with van der Waals surface area (Å²) in [5.74, 6) is 1.88. The number of fused-ring (bicyclic) bond motifs is 3. The summed E-state index contributed by atoms with van der Waals surface area (Å²) in [6.07, 6.45) is 5.63. The molecule has 2 aliphatic rings. The topological polar surface area (TPSA) is 38.7 Å². The minimum atomic E-state index is -0.0358. The molecule has 6 aromatic rings. The fourth-order valence-electron chi connectivity index (χ4n) is 6.44. The van der Waals surface area contributed by atoms with Gasteiger partial charge in [-0.1, -0.05) is 128 Å². The van der Waals surface area contributed by atoms with Gasteiger partial charge >= 0.3 is 0 Å². The van der Waals surface area contributed by atoms with Crippen molar-refractivity contribution >= 4 is 5.57 Å². The summed E-state index contributed by atoms with van der Waals surface area (Å²) in [5, 5.41) is 0. The molecule has 0 unspecified atom stereocenters. The van der Waals surface area contributed by atoms with Crippen molar-refractivity contribution in [3.05, 3.63) is 168 Å². The number of rotatable bonds is 5. The Labute approximate surface area is 263 Å². The molecule has 8 rings (SSSR count). The molecule has 3 nitrogen and oxygen atoms in total. The van der Waals surface area contributed by atoms with Crippen LogP contribution in [-0.2, 0) is 5.41 Å². The Morgan fingerprint density at radius 2 is 1.04 bits per heavy atom. The summed E-state index contributed by atoms with van der Waals surface area (Å²) < 4.78 is 0. The van der Waals surface area contributed by atoms with E-state index in [0.717, 1.165) is 27.8 Å². The number of benzene rings is 5. The molecule has 3 heteroatoms. The molecule has 0 spiro atoms. The van der Waals surface area contributed by atoms with E-state index in [4.69, 9.17) is 15.0 Å². The van der Waals surface area contributed by atoms with Gasteiger partial charge in [-0.15, -0.1) is 0 Å². The third kappa shape index (κ3) is 4.78. The van der Waals surface area contributed by atoms with Gasteiger partial charge in [0.1, 0.15) is 0 Å². The second-order valence-electron chi connectivity index (χ2n) is 12.0. The molecule has 0 bridgehead atoms. The maximum Gasteiger partial charge on any atom is 0.164 e. The van der Waals surface area contributed by atoms with Crippen LogP contribution in [0.15, 0.2) is 151 Å². The highest BCUT2D eigenvalue weighted by molar-refractivity contribution is 5.84. The Balaban J connectivity index is 1.18. The van der Waals surface area contributed by atoms with Gasteiger partial charge in [0.15, 0.2) is 17.5 Å². The molecule has 5 aromatic carbocycles. The molecule has 0 aliphatic heterocycles. The quantitative estimate of drug-likeness (QED) is 0.192. The summed E-state index contributed by atoms with van der Waals surface area (Å²) in [7, 11) is 0. The molecule has 0 N–H and O–H groups in total. The molecule has 0 radical (unpaired) electrons. The first-order valence-corrected chi connectivity index (χ1v) is 15.2. The zero-order valence-corrected chi connectivity index (χ0v) is 25.1. The van der Waals surface area contributed by atoms with Crippen LogP contribution in [0, 0.1) is 0 Å². The first-order chi connectivity index (χ1) is 22.0. The van der Waals surface area contributed by atoms with Crippen LogP contribution in [0.3, 0.4) is 0 Å². The van der Waals surface area contributed by atoms with Crippen LogP contribution in [0.25, 0.3) is 61.7 Å². The lowest BCUT2D eigenvalue weighted by Crippen LogP contribution is -2.14. The molecule has 2 aliphatic carbocycles. The van der Waals surface area contributed by atoms with Crippen LogP contribution < -0.4 is 0 Å². The highest BCUT2D eigenvalue weighted by atomic mass is 15.0. The Bertz CT molecular complexity index is 2260. The highest BCUT2D eigenvalue weighted by Gasteiger charge is 2.35. The van der Waals surface area contributed by atoms with Crippen molar-refractivity contribution in [1.29, 1.82) is 0 Å². The maximum absolute atomic E-state index is 4.92. The fourth-order valence-corrected chi connectivity index (χ4v) is 6.44. The van der Waals surface area contributed by atoms with E-state index in [-0.39, 0.29) is 5.41 Å². The lowest BCUT2D eigenvalue weighted by Gasteiger charge is -2.22. The average Bonchev–Trinajstić information content (AvgIpc) is 3.34. The number of hydrogen-bond acceptors (Lipinski definition) is 3. The minimum absolute atomic E-state index is 0.0358. The average molecular weight is 576 g/mol. The number of aromatic nitrogens is 3. The predicted molar refractivity (Wildman–Crippen MR) is 183 cm³/mol. The van der Waals surface area contributed by atoms with Gasteiger partial charge in [0.05, 0.1) is 0 Å². The van der Waals surface area contributed by atoms with E-state index >= 15 is 0 Å². The second kappa shape index (κ2) is 10.7. The number of hydrogen-bond donors (Lipinski definition) is 0. The van der Waals surface area contributed by atoms with E-state index in [1.165, 1.54) is 33.4 Å². The first kappa shape index (κ1) is 26.8. The van der Waals surface area contributed by atoms with Crippen molar-refractivity contribution < 1.29 is 0 Å². The molecular formula is C42H29N3. The molecule has 212 valence electrons. The van der Waals surface area contributed by atoms with E-state index < -0.39 is 0 Å². The summed E-state index contributed by atoms with van der Waals surface area (Å²) in [5.41, 5.74) is 18.8. The standard InChI is InChI=1S/C42H29N3/c1-42(2)37-22-10-9-21-35(37)36-24-23-33(27-38(36)42)31-18-11-17-30(25-31)32-19-12-20-34(26-32)41-44-39(28-13-5-3-6-14-28)43-40(45-41)29-15-7-4-8-16-29/h3,5-7,9-27H,1-2H3. The fraction of sp³-hybridized carbons (Fsp3) is 0.0714. The summed E-state index contributed by atoms with van der Waals surface area (Å²) in [4.78, 5) is 14.6. The van der Waals surface area contributed by atoms with E-state index in [1.807, 2.05) is 48.6 Å². The number of allylic oxidation sites excluding steroid dienone is 4. The second-order valence-corrected chi connectivity index (χ2v) is 12.0. The Kier molecular flexibility index (Phi) is 6.36. The molecule has 0 atom stereocenters. The van der Waals surface area contributed by atoms with E-state index in [2.05, 4.69) is 116 Å². The van der Waals surface area contributed by atoms with E-state index in [0.29, 0.717) is 17.5 Å². The van der Waals surface area contributed by atoms with Crippen molar-refractivity contribution in [2.75, 3.05) is 0 Å². The highest BCUT2D eigenvalue weighted by Crippen LogP contribution is 2.49. The van der Waals surface area contributed by atoms with Crippen molar-refractivity contribution in [3.63, 3.8) is 0 Å². The molecule has 0 fully saturated rings. The lowest BCUT2D eigenvalue weighted by atomic mass is 9.81. The van der Waals surface area contributed by atoms with E-state index in [1.54, 1.807) is 0 Å². The van der Waals surface area contributed by atoms with Crippen LogP contribution in [0.4, 0.5) is 0 Å². The molecular weight excluding hydrogens is 546 g/mol. The van der Waals surface area contributed by atoms with Crippen molar-refractivity contribution in [2.45, 2.75) is 19.3 Å². The maximum atomic E-state index is 4.92. The monoisotopic (exact) mass is 575 g/mol. The zero-order valence-electron chi connectivity index (χ0n) is 25.1. The van der Waals surface area contributed by atoms with Gasteiger partial charge in [-0.2, -0.15) is 0 Å². The smallest absolute Gasteiger partial charge is 0.164 e. The van der Waals surface area contributed by atoms with Crippen LogP contribution in [0.2, 0.25) is 0 Å². The third-order valence-corrected chi connectivity index (χ3v) is 8.82. The summed E-state index contributed by atoms with van der Waals surface area (Å²) in [6.45, 7) is 4.65. The minimum Gasteiger partial charge on any atom is -0.208 e. The van der Waals surface area contributed by atoms with Crippen LogP contribution in [0.5, 0.6) is 0 Å². The van der Waals surface area contributed by atoms with Gasteiger partial charge in [0.25, 0.3) is 0 Å². The SMILES string of the molecule is CC1(C)c2ccccc2-c2ccc(-c3cccc(-c4cccc(-c5nc(C6=CC=C=C=C6)nc(-c6ccccc6)n5)c4)c3)cc21. The molecule has 0 saturated heterocycles. The molecule has 0 amide bonds. The molecule has 1 aromatic heterocycles. The van der Waals surface area contributed by atoms with Gasteiger partial charge in [-0.05, 0) is 80.9 Å². The van der Waals surface area contributed by atoms with Crippen molar-refractivity contribution in [1.82, 2.24) is 15.0 Å². The molecule has 1 heterocycles. The normalized spacial score (nSPS) is 13.8. The summed E-state index contributed by atoms with van der Waals surface area (Å²) in [6, 6.07) is 43.0. The Morgan fingerprint density at radius 3 is 1.78 bits per heavy atom. The van der Waals surface area contributed by atoms with Gasteiger partial charge < -0.3 is 0 Å². The Morgan fingerprint density at radius 1 is 0.467 bits per heavy atom. The van der Waals surface area contributed by atoms with Crippen LogP contribution in [-0.4, -0.2) is 15.0 Å². The lowest BCUT2D eigenvalue weighted by molar-refractivity contribution is 0.660. The van der Waals surface area contributed by atoms with Crippen molar-refractivity contribution in [3.8, 4) is 56.2 Å². The van der Waals surface area contributed by atoms with Crippen molar-refractivity contribution in [2.24, 2.45) is 0 Å². The van der Waals surface area contributed by atoms with Gasteiger partial charge in [-0.25, -0.2) is 15.0 Å². The third-order valence-electron chi connectivity index (χ3n) is 8.82. The first-order valence-electron chi connectivity index (χ1n) is 15.2. The molecule has 45 heavy (non-hydrogen) atoms. The zero-order chi connectivity index (χ0) is 30.4. The van der Waals surface area contributed by atoms with E-state index in [9.17, 15) is 0 Å². The van der Waals surface area contributed by atoms with Crippen LogP contribution >= 0.6 is 0 Å². The van der Waals surface area contributed by atoms with Gasteiger partial charge in [0, 0.05) is 22.1 Å². The number of nitrogens with zero attached hydrogens (tertiary/aromatic N) is 3. The Hall–Kier alpha value is -5.85. The van der Waals surface area contributed by atoms with Gasteiger partial charge in [-0.3, -0.25) is 0 Å². The summed E-state index contributed by atoms with van der Waals surface area (Å²) >= 11 is 0.